The van der Waals surface area contributed by atoms with Gasteiger partial charge in [0.15, 0.2) is 0 Å². The van der Waals surface area contributed by atoms with Gasteiger partial charge in [-0.2, -0.15) is 0 Å². The molecule has 2 aromatic rings. The molecule has 3 rings (SSSR count). The summed E-state index contributed by atoms with van der Waals surface area (Å²) in [7, 11) is 0. The smallest absolute Gasteiger partial charge is 0.306 e. The van der Waals surface area contributed by atoms with Gasteiger partial charge in [-0.3, -0.25) is 14.0 Å². The zero-order chi connectivity index (χ0) is 16.4. The fourth-order valence-electron chi connectivity index (χ4n) is 3.20. The van der Waals surface area contributed by atoms with E-state index in [-0.39, 0.29) is 11.5 Å². The lowest BCUT2D eigenvalue weighted by Gasteiger charge is -2.29. The van der Waals surface area contributed by atoms with E-state index in [4.69, 9.17) is 5.11 Å². The van der Waals surface area contributed by atoms with Gasteiger partial charge >= 0.3 is 5.97 Å². The Morgan fingerprint density at radius 3 is 2.78 bits per heavy atom. The average Bonchev–Trinajstić information content (AvgIpc) is 2.55. The zero-order valence-electron chi connectivity index (χ0n) is 13.2. The molecule has 0 radical (unpaired) electrons. The van der Waals surface area contributed by atoms with Crippen LogP contribution in [0.2, 0.25) is 0 Å². The molecule has 0 aliphatic carbocycles. The minimum atomic E-state index is -0.697. The summed E-state index contributed by atoms with van der Waals surface area (Å²) in [5, 5.41) is 9.03. The highest BCUT2D eigenvalue weighted by Gasteiger charge is 2.24. The molecular weight excluding hydrogens is 294 g/mol. The quantitative estimate of drug-likeness (QED) is 0.921. The molecule has 1 aliphatic heterocycles. The molecule has 1 saturated heterocycles. The van der Waals surface area contributed by atoms with Crippen LogP contribution in [0.5, 0.6) is 0 Å². The van der Waals surface area contributed by atoms with Crippen LogP contribution in [0.4, 0.5) is 0 Å². The van der Waals surface area contributed by atoms with Crippen LogP contribution in [0.1, 0.15) is 24.1 Å². The van der Waals surface area contributed by atoms with Crippen LogP contribution in [0, 0.1) is 12.8 Å². The Hall–Kier alpha value is -2.21. The Morgan fingerprint density at radius 1 is 1.35 bits per heavy atom. The van der Waals surface area contributed by atoms with Crippen molar-refractivity contribution in [2.45, 2.75) is 26.2 Å². The number of nitrogens with zero attached hydrogens (tertiary/aromatic N) is 3. The van der Waals surface area contributed by atoms with Crippen molar-refractivity contribution in [1.29, 1.82) is 0 Å². The zero-order valence-corrected chi connectivity index (χ0v) is 13.2. The monoisotopic (exact) mass is 315 g/mol. The Morgan fingerprint density at radius 2 is 2.09 bits per heavy atom. The largest absolute Gasteiger partial charge is 0.481 e. The summed E-state index contributed by atoms with van der Waals surface area (Å²) in [5.74, 6) is -0.918. The number of fused-ring (bicyclic) bond motifs is 1. The first kappa shape index (κ1) is 15.7. The minimum absolute atomic E-state index is 0.00600. The van der Waals surface area contributed by atoms with Gasteiger partial charge in [0.05, 0.1) is 5.92 Å². The Bertz CT molecular complexity index is 776. The predicted octanol–water partition coefficient (Wildman–Crippen LogP) is 1.34. The normalized spacial score (nSPS) is 16.7. The molecule has 1 fully saturated rings. The summed E-state index contributed by atoms with van der Waals surface area (Å²) in [6.07, 6.45) is 3.76. The lowest BCUT2D eigenvalue weighted by atomic mass is 9.97. The molecule has 23 heavy (non-hydrogen) atoms. The summed E-state index contributed by atoms with van der Waals surface area (Å²) in [4.78, 5) is 30.3. The number of likely N-dealkylation sites (tertiary alicyclic amines) is 1. The number of aliphatic carboxylic acids is 1. The Kier molecular flexibility index (Phi) is 4.43. The molecule has 0 unspecified atom stereocenters. The molecule has 0 spiro atoms. The molecule has 6 nitrogen and oxygen atoms in total. The van der Waals surface area contributed by atoms with E-state index >= 15 is 0 Å². The van der Waals surface area contributed by atoms with Gasteiger partial charge in [-0.25, -0.2) is 4.98 Å². The third-order valence-corrected chi connectivity index (χ3v) is 4.65. The number of carbonyl (C=O) groups is 1. The molecule has 1 N–H and O–H groups in total. The number of rotatable bonds is 4. The highest BCUT2D eigenvalue weighted by atomic mass is 16.4. The third-order valence-electron chi connectivity index (χ3n) is 4.65. The highest BCUT2D eigenvalue weighted by molar-refractivity contribution is 5.70. The lowest BCUT2D eigenvalue weighted by molar-refractivity contribution is -0.143. The molecule has 122 valence electrons. The van der Waals surface area contributed by atoms with Crippen molar-refractivity contribution < 1.29 is 9.90 Å². The second-order valence-corrected chi connectivity index (χ2v) is 6.11. The Labute approximate surface area is 134 Å². The van der Waals surface area contributed by atoms with Crippen LogP contribution in [-0.4, -0.2) is 45.0 Å². The van der Waals surface area contributed by atoms with E-state index in [2.05, 4.69) is 9.88 Å². The van der Waals surface area contributed by atoms with E-state index in [1.165, 1.54) is 0 Å². The second-order valence-electron chi connectivity index (χ2n) is 6.11. The SMILES string of the molecule is Cc1nc2ccccn2c(=O)c1CCN1CCC(C(=O)O)CC1. The van der Waals surface area contributed by atoms with Crippen molar-refractivity contribution in [2.24, 2.45) is 5.92 Å². The summed E-state index contributed by atoms with van der Waals surface area (Å²) in [6, 6.07) is 5.52. The van der Waals surface area contributed by atoms with Gasteiger partial charge in [0.25, 0.3) is 5.56 Å². The average molecular weight is 315 g/mol. The van der Waals surface area contributed by atoms with E-state index in [9.17, 15) is 9.59 Å². The van der Waals surface area contributed by atoms with Gasteiger partial charge in [0, 0.05) is 24.0 Å². The lowest BCUT2D eigenvalue weighted by Crippen LogP contribution is -2.38. The van der Waals surface area contributed by atoms with E-state index in [1.54, 1.807) is 10.6 Å². The van der Waals surface area contributed by atoms with Gasteiger partial charge in [-0.05, 0) is 51.4 Å². The van der Waals surface area contributed by atoms with Crippen molar-refractivity contribution in [3.05, 3.63) is 46.0 Å². The fourth-order valence-corrected chi connectivity index (χ4v) is 3.20. The Balaban J connectivity index is 1.71. The van der Waals surface area contributed by atoms with E-state index in [1.807, 2.05) is 25.1 Å². The molecule has 0 aromatic carbocycles. The van der Waals surface area contributed by atoms with Gasteiger partial charge in [-0.15, -0.1) is 0 Å². The standard InChI is InChI=1S/C17H21N3O3/c1-12-14(16(21)20-8-3-2-4-15(20)18-12)7-11-19-9-5-13(6-10-19)17(22)23/h2-4,8,13H,5-7,9-11H2,1H3,(H,22,23). The summed E-state index contributed by atoms with van der Waals surface area (Å²) >= 11 is 0. The molecule has 2 aromatic heterocycles. The number of aromatic nitrogens is 2. The molecule has 1 aliphatic rings. The fraction of sp³-hybridized carbons (Fsp3) is 0.471. The molecule has 0 saturated carbocycles. The first-order chi connectivity index (χ1) is 11.1. The number of hydrogen-bond acceptors (Lipinski definition) is 4. The van der Waals surface area contributed by atoms with E-state index in [0.29, 0.717) is 24.9 Å². The van der Waals surface area contributed by atoms with Gasteiger partial charge in [0.2, 0.25) is 0 Å². The van der Waals surface area contributed by atoms with E-state index in [0.717, 1.165) is 30.9 Å². The molecule has 6 heteroatoms. The molecule has 0 atom stereocenters. The number of carboxylic acids is 1. The van der Waals surface area contributed by atoms with Gasteiger partial charge < -0.3 is 10.0 Å². The van der Waals surface area contributed by atoms with Crippen LogP contribution < -0.4 is 5.56 Å². The van der Waals surface area contributed by atoms with Crippen LogP contribution in [-0.2, 0) is 11.2 Å². The van der Waals surface area contributed by atoms with Crippen LogP contribution in [0.3, 0.4) is 0 Å². The van der Waals surface area contributed by atoms with Gasteiger partial charge in [-0.1, -0.05) is 6.07 Å². The number of aryl methyl sites for hydroxylation is 1. The van der Waals surface area contributed by atoms with Crippen molar-refractivity contribution >= 4 is 11.6 Å². The maximum Gasteiger partial charge on any atom is 0.306 e. The molecule has 0 amide bonds. The van der Waals surface area contributed by atoms with Crippen molar-refractivity contribution in [3.8, 4) is 0 Å². The second kappa shape index (κ2) is 6.50. The summed E-state index contributed by atoms with van der Waals surface area (Å²) < 4.78 is 1.58. The maximum atomic E-state index is 12.6. The van der Waals surface area contributed by atoms with E-state index < -0.39 is 5.97 Å². The minimum Gasteiger partial charge on any atom is -0.481 e. The first-order valence-electron chi connectivity index (χ1n) is 7.98. The predicted molar refractivity (Wildman–Crippen MR) is 86.7 cm³/mol. The first-order valence-corrected chi connectivity index (χ1v) is 7.98. The van der Waals surface area contributed by atoms with Gasteiger partial charge in [0.1, 0.15) is 5.65 Å². The number of piperidine rings is 1. The number of carboxylic acid groups (broad SMARTS) is 1. The van der Waals surface area contributed by atoms with Crippen molar-refractivity contribution in [2.75, 3.05) is 19.6 Å². The van der Waals surface area contributed by atoms with Crippen LogP contribution in [0.25, 0.3) is 5.65 Å². The molecule has 3 heterocycles. The van der Waals surface area contributed by atoms with Crippen LogP contribution in [0.15, 0.2) is 29.2 Å². The molecular formula is C17H21N3O3. The van der Waals surface area contributed by atoms with Crippen molar-refractivity contribution in [1.82, 2.24) is 14.3 Å². The highest BCUT2D eigenvalue weighted by Crippen LogP contribution is 2.17. The number of hydrogen-bond donors (Lipinski definition) is 1. The van der Waals surface area contributed by atoms with Crippen molar-refractivity contribution in [3.63, 3.8) is 0 Å². The summed E-state index contributed by atoms with van der Waals surface area (Å²) in [5.41, 5.74) is 2.19. The molecule has 0 bridgehead atoms. The topological polar surface area (TPSA) is 74.9 Å². The summed E-state index contributed by atoms with van der Waals surface area (Å²) in [6.45, 7) is 4.19. The number of pyridine rings is 1. The third kappa shape index (κ3) is 3.27. The van der Waals surface area contributed by atoms with Crippen LogP contribution >= 0.6 is 0 Å². The maximum absolute atomic E-state index is 12.6.